The molecule has 3 aromatic carbocycles. The summed E-state index contributed by atoms with van der Waals surface area (Å²) in [6.07, 6.45) is 0. The fourth-order valence-electron chi connectivity index (χ4n) is 2.45. The second-order valence-electron chi connectivity index (χ2n) is 5.65. The van der Waals surface area contributed by atoms with Gasteiger partial charge in [-0.05, 0) is 42.5 Å². The minimum Gasteiger partial charge on any atom is -0.495 e. The molecule has 0 fully saturated rings. The second kappa shape index (κ2) is 8.77. The van der Waals surface area contributed by atoms with Gasteiger partial charge in [0.2, 0.25) is 0 Å². The number of hydrogen-bond donors (Lipinski definition) is 1. The molecule has 0 aliphatic rings. The van der Waals surface area contributed by atoms with Crippen molar-refractivity contribution in [2.45, 2.75) is 9.79 Å². The molecule has 0 spiro atoms. The molecule has 0 aliphatic heterocycles. The van der Waals surface area contributed by atoms with Crippen molar-refractivity contribution in [3.63, 3.8) is 0 Å². The largest absolute Gasteiger partial charge is 0.495 e. The fraction of sp³-hybridized carbons (Fsp3) is 0.0500. The van der Waals surface area contributed by atoms with E-state index in [9.17, 15) is 14.9 Å². The highest BCUT2D eigenvalue weighted by atomic mass is 35.5. The summed E-state index contributed by atoms with van der Waals surface area (Å²) in [6, 6.07) is 18.4. The van der Waals surface area contributed by atoms with Gasteiger partial charge in [0.25, 0.3) is 11.6 Å². The van der Waals surface area contributed by atoms with E-state index < -0.39 is 4.92 Å². The molecule has 0 saturated carbocycles. The summed E-state index contributed by atoms with van der Waals surface area (Å²) in [5.41, 5.74) is 0.918. The van der Waals surface area contributed by atoms with Crippen LogP contribution in [0.3, 0.4) is 0 Å². The molecule has 142 valence electrons. The average molecular weight is 415 g/mol. The van der Waals surface area contributed by atoms with Crippen molar-refractivity contribution in [1.29, 1.82) is 0 Å². The second-order valence-corrected chi connectivity index (χ2v) is 7.20. The van der Waals surface area contributed by atoms with Crippen molar-refractivity contribution in [1.82, 2.24) is 0 Å². The number of rotatable bonds is 6. The van der Waals surface area contributed by atoms with Crippen molar-refractivity contribution in [3.8, 4) is 5.75 Å². The standard InChI is InChI=1S/C20H15ClN2O4S/c1-27-19-5-3-2-4-18(19)22-20(24)16-11-10-15(12-17(16)21)28-14-8-6-13(7-9-14)23(25)26/h2-12H,1H3,(H,22,24). The Kier molecular flexibility index (Phi) is 6.18. The summed E-state index contributed by atoms with van der Waals surface area (Å²) in [5.74, 6) is 0.207. The van der Waals surface area contributed by atoms with E-state index >= 15 is 0 Å². The van der Waals surface area contributed by atoms with Gasteiger partial charge < -0.3 is 10.1 Å². The molecule has 0 aliphatic carbocycles. The van der Waals surface area contributed by atoms with E-state index in [0.29, 0.717) is 22.0 Å². The van der Waals surface area contributed by atoms with Crippen LogP contribution in [0.1, 0.15) is 10.4 Å². The van der Waals surface area contributed by atoms with Crippen LogP contribution in [0.5, 0.6) is 5.75 Å². The third-order valence-electron chi connectivity index (χ3n) is 3.82. The number of amides is 1. The lowest BCUT2D eigenvalue weighted by atomic mass is 10.2. The predicted molar refractivity (Wildman–Crippen MR) is 110 cm³/mol. The maximum absolute atomic E-state index is 12.6. The van der Waals surface area contributed by atoms with Gasteiger partial charge in [0.15, 0.2) is 0 Å². The van der Waals surface area contributed by atoms with Gasteiger partial charge in [-0.1, -0.05) is 35.5 Å². The van der Waals surface area contributed by atoms with Gasteiger partial charge in [-0.3, -0.25) is 14.9 Å². The number of anilines is 1. The maximum Gasteiger partial charge on any atom is 0.269 e. The number of nitrogens with one attached hydrogen (secondary N) is 1. The number of halogens is 1. The summed E-state index contributed by atoms with van der Waals surface area (Å²) in [5, 5.41) is 13.8. The number of hydrogen-bond acceptors (Lipinski definition) is 5. The molecule has 0 heterocycles. The minimum absolute atomic E-state index is 0.0331. The van der Waals surface area contributed by atoms with E-state index in [1.807, 2.05) is 6.07 Å². The van der Waals surface area contributed by atoms with Crippen molar-refractivity contribution in [3.05, 3.63) is 87.4 Å². The Balaban J connectivity index is 1.74. The van der Waals surface area contributed by atoms with Crippen LogP contribution in [0, 0.1) is 10.1 Å². The lowest BCUT2D eigenvalue weighted by Gasteiger charge is -2.11. The number of carbonyl (C=O) groups is 1. The van der Waals surface area contributed by atoms with Crippen LogP contribution in [0.15, 0.2) is 76.5 Å². The highest BCUT2D eigenvalue weighted by Gasteiger charge is 2.14. The average Bonchev–Trinajstić information content (AvgIpc) is 2.69. The van der Waals surface area contributed by atoms with Crippen molar-refractivity contribution < 1.29 is 14.5 Å². The van der Waals surface area contributed by atoms with Crippen LogP contribution in [0.25, 0.3) is 0 Å². The van der Waals surface area contributed by atoms with Crippen LogP contribution < -0.4 is 10.1 Å². The summed E-state index contributed by atoms with van der Waals surface area (Å²) in [6.45, 7) is 0. The molecule has 0 bridgehead atoms. The van der Waals surface area contributed by atoms with Crippen LogP contribution in [-0.2, 0) is 0 Å². The van der Waals surface area contributed by atoms with Gasteiger partial charge in [0, 0.05) is 21.9 Å². The van der Waals surface area contributed by atoms with Gasteiger partial charge in [0.1, 0.15) is 5.75 Å². The molecule has 0 atom stereocenters. The quantitative estimate of drug-likeness (QED) is 0.415. The van der Waals surface area contributed by atoms with Crippen molar-refractivity contribution >= 4 is 40.6 Å². The number of carbonyl (C=O) groups excluding carboxylic acids is 1. The Labute approximate surface area is 170 Å². The molecule has 1 amide bonds. The summed E-state index contributed by atoms with van der Waals surface area (Å²) < 4.78 is 5.23. The number of nitro groups is 1. The number of para-hydroxylation sites is 2. The topological polar surface area (TPSA) is 81.5 Å². The van der Waals surface area contributed by atoms with Gasteiger partial charge in [-0.2, -0.15) is 0 Å². The number of non-ortho nitro benzene ring substituents is 1. The number of nitro benzene ring substituents is 1. The first-order valence-electron chi connectivity index (χ1n) is 8.14. The molecule has 0 aromatic heterocycles. The third-order valence-corrected chi connectivity index (χ3v) is 5.13. The van der Waals surface area contributed by atoms with Gasteiger partial charge in [-0.25, -0.2) is 0 Å². The molecule has 28 heavy (non-hydrogen) atoms. The summed E-state index contributed by atoms with van der Waals surface area (Å²) in [4.78, 5) is 24.5. The van der Waals surface area contributed by atoms with Crippen molar-refractivity contribution in [2.24, 2.45) is 0 Å². The zero-order valence-electron chi connectivity index (χ0n) is 14.7. The molecule has 0 radical (unpaired) electrons. The SMILES string of the molecule is COc1ccccc1NC(=O)c1ccc(Sc2ccc([N+](=O)[O-])cc2)cc1Cl. The van der Waals surface area contributed by atoms with E-state index in [2.05, 4.69) is 5.32 Å². The lowest BCUT2D eigenvalue weighted by molar-refractivity contribution is -0.384. The van der Waals surface area contributed by atoms with E-state index in [4.69, 9.17) is 16.3 Å². The molecule has 0 saturated heterocycles. The number of nitrogens with zero attached hydrogens (tertiary/aromatic N) is 1. The smallest absolute Gasteiger partial charge is 0.269 e. The highest BCUT2D eigenvalue weighted by molar-refractivity contribution is 7.99. The molecule has 1 N–H and O–H groups in total. The predicted octanol–water partition coefficient (Wildman–Crippen LogP) is 5.66. The first-order chi connectivity index (χ1) is 13.5. The Bertz CT molecular complexity index is 1020. The Morgan fingerprint density at radius 1 is 1.07 bits per heavy atom. The monoisotopic (exact) mass is 414 g/mol. The number of ether oxygens (including phenoxy) is 1. The highest BCUT2D eigenvalue weighted by Crippen LogP contribution is 2.32. The normalized spacial score (nSPS) is 10.4. The zero-order valence-corrected chi connectivity index (χ0v) is 16.3. The molecular weight excluding hydrogens is 400 g/mol. The van der Waals surface area contributed by atoms with E-state index in [1.165, 1.54) is 31.0 Å². The number of methoxy groups -OCH3 is 1. The molecule has 3 aromatic rings. The van der Waals surface area contributed by atoms with Crippen LogP contribution >= 0.6 is 23.4 Å². The summed E-state index contributed by atoms with van der Waals surface area (Å²) >= 11 is 7.70. The number of benzene rings is 3. The molecule has 6 nitrogen and oxygen atoms in total. The van der Waals surface area contributed by atoms with E-state index in [-0.39, 0.29) is 11.6 Å². The zero-order chi connectivity index (χ0) is 20.1. The minimum atomic E-state index is -0.444. The third kappa shape index (κ3) is 4.62. The van der Waals surface area contributed by atoms with Crippen LogP contribution in [-0.4, -0.2) is 17.9 Å². The maximum atomic E-state index is 12.6. The van der Waals surface area contributed by atoms with Gasteiger partial charge in [0.05, 0.1) is 28.3 Å². The molecule has 3 rings (SSSR count). The van der Waals surface area contributed by atoms with Crippen LogP contribution in [0.2, 0.25) is 5.02 Å². The van der Waals surface area contributed by atoms with Gasteiger partial charge >= 0.3 is 0 Å². The Morgan fingerprint density at radius 2 is 1.75 bits per heavy atom. The van der Waals surface area contributed by atoms with E-state index in [0.717, 1.165) is 9.79 Å². The van der Waals surface area contributed by atoms with E-state index in [1.54, 1.807) is 48.5 Å². The van der Waals surface area contributed by atoms with Gasteiger partial charge in [-0.15, -0.1) is 0 Å². The fourth-order valence-corrected chi connectivity index (χ4v) is 3.64. The van der Waals surface area contributed by atoms with Crippen molar-refractivity contribution in [2.75, 3.05) is 12.4 Å². The summed E-state index contributed by atoms with van der Waals surface area (Å²) in [7, 11) is 1.53. The molecule has 0 unspecified atom stereocenters. The molecular formula is C20H15ClN2O4S. The van der Waals surface area contributed by atoms with Crippen LogP contribution in [0.4, 0.5) is 11.4 Å². The first kappa shape index (κ1) is 19.7. The molecule has 8 heteroatoms. The lowest BCUT2D eigenvalue weighted by Crippen LogP contribution is -2.13. The Hall–Kier alpha value is -3.03. The first-order valence-corrected chi connectivity index (χ1v) is 9.33. The Morgan fingerprint density at radius 3 is 2.39 bits per heavy atom.